The molecule has 136 valence electrons. The summed E-state index contributed by atoms with van der Waals surface area (Å²) in [5.41, 5.74) is 2.61. The van der Waals surface area contributed by atoms with E-state index < -0.39 is 0 Å². The summed E-state index contributed by atoms with van der Waals surface area (Å²) in [5, 5.41) is 0. The maximum absolute atomic E-state index is 4.41. The molecule has 1 fully saturated rings. The first-order valence-electron chi connectivity index (χ1n) is 9.44. The zero-order valence-electron chi connectivity index (χ0n) is 15.6. The van der Waals surface area contributed by atoms with Gasteiger partial charge in [-0.15, -0.1) is 0 Å². The standard InChI is InChI=1S/C21H27N5/c1-17-14-25(15-18-7-4-3-5-8-18)12-9-20(17)24(2)16-19-13-23-21-22-10-6-11-26(19)21/h3-8,10-11,13,17,20H,9,12,14-16H2,1-2H3/t17-,20+/m0/s1. The first-order chi connectivity index (χ1) is 12.7. The molecule has 1 saturated heterocycles. The molecule has 5 heteroatoms. The van der Waals surface area contributed by atoms with Gasteiger partial charge in [0.15, 0.2) is 0 Å². The Morgan fingerprint density at radius 2 is 2.00 bits per heavy atom. The quantitative estimate of drug-likeness (QED) is 0.709. The van der Waals surface area contributed by atoms with Crippen molar-refractivity contribution in [3.8, 4) is 0 Å². The molecule has 0 spiro atoms. The Morgan fingerprint density at radius 1 is 1.15 bits per heavy atom. The fourth-order valence-electron chi connectivity index (χ4n) is 4.23. The smallest absolute Gasteiger partial charge is 0.233 e. The normalized spacial score (nSPS) is 21.5. The monoisotopic (exact) mass is 349 g/mol. The summed E-state index contributed by atoms with van der Waals surface area (Å²) in [6.45, 7) is 6.65. The summed E-state index contributed by atoms with van der Waals surface area (Å²) in [7, 11) is 2.24. The fourth-order valence-corrected chi connectivity index (χ4v) is 4.23. The molecule has 3 aromatic rings. The third kappa shape index (κ3) is 3.64. The van der Waals surface area contributed by atoms with Gasteiger partial charge in [0.2, 0.25) is 5.78 Å². The highest BCUT2D eigenvalue weighted by molar-refractivity contribution is 5.30. The number of imidazole rings is 1. The molecule has 0 saturated carbocycles. The molecule has 0 radical (unpaired) electrons. The van der Waals surface area contributed by atoms with Gasteiger partial charge in [-0.25, -0.2) is 9.97 Å². The van der Waals surface area contributed by atoms with Crippen LogP contribution in [0.1, 0.15) is 24.6 Å². The minimum absolute atomic E-state index is 0.601. The maximum Gasteiger partial charge on any atom is 0.233 e. The van der Waals surface area contributed by atoms with Gasteiger partial charge in [0.05, 0.1) is 11.9 Å². The summed E-state index contributed by atoms with van der Waals surface area (Å²) in [4.78, 5) is 13.8. The largest absolute Gasteiger partial charge is 0.299 e. The van der Waals surface area contributed by atoms with Crippen LogP contribution in [-0.4, -0.2) is 50.3 Å². The Bertz CT molecular complexity index is 844. The van der Waals surface area contributed by atoms with E-state index in [2.05, 4.69) is 68.5 Å². The van der Waals surface area contributed by atoms with Crippen LogP contribution in [0, 0.1) is 5.92 Å². The average molecular weight is 349 g/mol. The first kappa shape index (κ1) is 17.2. The number of aromatic nitrogens is 3. The van der Waals surface area contributed by atoms with Crippen molar-refractivity contribution < 1.29 is 0 Å². The van der Waals surface area contributed by atoms with Gasteiger partial charge in [-0.05, 0) is 37.6 Å². The molecule has 4 rings (SSSR count). The molecule has 0 unspecified atom stereocenters. The topological polar surface area (TPSA) is 36.7 Å². The lowest BCUT2D eigenvalue weighted by Crippen LogP contribution is -2.48. The van der Waals surface area contributed by atoms with Crippen LogP contribution in [-0.2, 0) is 13.1 Å². The van der Waals surface area contributed by atoms with E-state index in [1.165, 1.54) is 17.7 Å². The summed E-state index contributed by atoms with van der Waals surface area (Å²) in [5.74, 6) is 1.43. The van der Waals surface area contributed by atoms with E-state index in [0.29, 0.717) is 12.0 Å². The van der Waals surface area contributed by atoms with E-state index in [4.69, 9.17) is 0 Å². The predicted molar refractivity (Wildman–Crippen MR) is 104 cm³/mol. The molecule has 2 aromatic heterocycles. The number of benzene rings is 1. The predicted octanol–water partition coefficient (Wildman–Crippen LogP) is 3.07. The van der Waals surface area contributed by atoms with Crippen LogP contribution in [0.15, 0.2) is 55.0 Å². The van der Waals surface area contributed by atoms with E-state index >= 15 is 0 Å². The zero-order valence-corrected chi connectivity index (χ0v) is 15.6. The van der Waals surface area contributed by atoms with Crippen molar-refractivity contribution in [1.82, 2.24) is 24.2 Å². The third-order valence-corrected chi connectivity index (χ3v) is 5.54. The highest BCUT2D eigenvalue weighted by atomic mass is 15.2. The lowest BCUT2D eigenvalue weighted by molar-refractivity contribution is 0.0711. The highest BCUT2D eigenvalue weighted by Crippen LogP contribution is 2.24. The van der Waals surface area contributed by atoms with Crippen LogP contribution in [0.2, 0.25) is 0 Å². The van der Waals surface area contributed by atoms with Gasteiger partial charge < -0.3 is 0 Å². The molecular weight excluding hydrogens is 322 g/mol. The van der Waals surface area contributed by atoms with Crippen LogP contribution in [0.25, 0.3) is 5.78 Å². The average Bonchev–Trinajstić information content (AvgIpc) is 3.06. The molecule has 1 aliphatic rings. The number of likely N-dealkylation sites (tertiary alicyclic amines) is 1. The molecule has 0 aliphatic carbocycles. The van der Waals surface area contributed by atoms with E-state index in [0.717, 1.165) is 32.0 Å². The van der Waals surface area contributed by atoms with Gasteiger partial charge in [0.1, 0.15) is 0 Å². The molecule has 5 nitrogen and oxygen atoms in total. The number of hydrogen-bond acceptors (Lipinski definition) is 4. The second kappa shape index (κ2) is 7.56. The minimum atomic E-state index is 0.601. The summed E-state index contributed by atoms with van der Waals surface area (Å²) in [6.07, 6.45) is 7.00. The Morgan fingerprint density at radius 3 is 2.81 bits per heavy atom. The lowest BCUT2D eigenvalue weighted by atomic mass is 9.92. The highest BCUT2D eigenvalue weighted by Gasteiger charge is 2.29. The third-order valence-electron chi connectivity index (χ3n) is 5.54. The Kier molecular flexibility index (Phi) is 5.00. The number of fused-ring (bicyclic) bond motifs is 1. The van der Waals surface area contributed by atoms with Gasteiger partial charge >= 0.3 is 0 Å². The number of piperidine rings is 1. The Labute approximate surface area is 155 Å². The molecule has 2 atom stereocenters. The van der Waals surface area contributed by atoms with Gasteiger partial charge in [0, 0.05) is 38.1 Å². The van der Waals surface area contributed by atoms with E-state index in [1.54, 1.807) is 6.20 Å². The van der Waals surface area contributed by atoms with Crippen molar-refractivity contribution in [2.45, 2.75) is 32.5 Å². The van der Waals surface area contributed by atoms with Crippen molar-refractivity contribution in [1.29, 1.82) is 0 Å². The van der Waals surface area contributed by atoms with Crippen molar-refractivity contribution in [2.24, 2.45) is 5.92 Å². The molecule has 1 aromatic carbocycles. The van der Waals surface area contributed by atoms with Gasteiger partial charge in [-0.2, -0.15) is 0 Å². The zero-order chi connectivity index (χ0) is 17.9. The molecule has 0 N–H and O–H groups in total. The Balaban J connectivity index is 1.38. The summed E-state index contributed by atoms with van der Waals surface area (Å²) >= 11 is 0. The second-order valence-corrected chi connectivity index (χ2v) is 7.51. The molecular formula is C21H27N5. The van der Waals surface area contributed by atoms with Crippen molar-refractivity contribution >= 4 is 5.78 Å². The Hall–Kier alpha value is -2.24. The van der Waals surface area contributed by atoms with Crippen LogP contribution in [0.5, 0.6) is 0 Å². The van der Waals surface area contributed by atoms with Crippen LogP contribution >= 0.6 is 0 Å². The van der Waals surface area contributed by atoms with Crippen molar-refractivity contribution in [3.05, 3.63) is 66.2 Å². The molecule has 1 aliphatic heterocycles. The van der Waals surface area contributed by atoms with Crippen LogP contribution in [0.4, 0.5) is 0 Å². The maximum atomic E-state index is 4.41. The fraction of sp³-hybridized carbons (Fsp3) is 0.429. The van der Waals surface area contributed by atoms with Crippen molar-refractivity contribution in [2.75, 3.05) is 20.1 Å². The molecule has 3 heterocycles. The molecule has 0 amide bonds. The van der Waals surface area contributed by atoms with Crippen LogP contribution < -0.4 is 0 Å². The molecule has 26 heavy (non-hydrogen) atoms. The number of nitrogens with zero attached hydrogens (tertiary/aromatic N) is 5. The lowest BCUT2D eigenvalue weighted by Gasteiger charge is -2.41. The number of rotatable bonds is 5. The van der Waals surface area contributed by atoms with Crippen LogP contribution in [0.3, 0.4) is 0 Å². The summed E-state index contributed by atoms with van der Waals surface area (Å²) < 4.78 is 2.09. The SMILES string of the molecule is C[C@H]1CN(Cc2ccccc2)CC[C@H]1N(C)Cc1cnc2ncccn12. The summed E-state index contributed by atoms with van der Waals surface area (Å²) in [6, 6.07) is 13.4. The second-order valence-electron chi connectivity index (χ2n) is 7.51. The van der Waals surface area contributed by atoms with E-state index in [-0.39, 0.29) is 0 Å². The van der Waals surface area contributed by atoms with Gasteiger partial charge in [-0.1, -0.05) is 37.3 Å². The van der Waals surface area contributed by atoms with Gasteiger partial charge in [0.25, 0.3) is 0 Å². The van der Waals surface area contributed by atoms with Crippen molar-refractivity contribution in [3.63, 3.8) is 0 Å². The number of hydrogen-bond donors (Lipinski definition) is 0. The minimum Gasteiger partial charge on any atom is -0.299 e. The molecule has 0 bridgehead atoms. The van der Waals surface area contributed by atoms with E-state index in [1.807, 2.05) is 18.5 Å². The first-order valence-corrected chi connectivity index (χ1v) is 9.44. The van der Waals surface area contributed by atoms with E-state index in [9.17, 15) is 0 Å². The van der Waals surface area contributed by atoms with Gasteiger partial charge in [-0.3, -0.25) is 14.2 Å².